The molecule has 0 aliphatic carbocycles. The molecule has 5 nitrogen and oxygen atoms in total. The maximum Gasteiger partial charge on any atom is 0.133 e. The van der Waals surface area contributed by atoms with Crippen molar-refractivity contribution in [2.45, 2.75) is 25.0 Å². The summed E-state index contributed by atoms with van der Waals surface area (Å²) < 4.78 is 0. The van der Waals surface area contributed by atoms with Gasteiger partial charge in [0.2, 0.25) is 0 Å². The van der Waals surface area contributed by atoms with Crippen molar-refractivity contribution in [3.63, 3.8) is 0 Å². The molecule has 16 heavy (non-hydrogen) atoms. The number of aromatic nitrogens is 2. The minimum absolute atomic E-state index is 0.227. The second-order valence-electron chi connectivity index (χ2n) is 3.45. The number of aliphatic hydroxyl groups is 2. The van der Waals surface area contributed by atoms with Crippen LogP contribution in [0.1, 0.15) is 11.4 Å². The summed E-state index contributed by atoms with van der Waals surface area (Å²) >= 11 is 1.42. The summed E-state index contributed by atoms with van der Waals surface area (Å²) in [5.74, 6) is 1.92. The second-order valence-corrected chi connectivity index (χ2v) is 4.46. The predicted molar refractivity (Wildman–Crippen MR) is 64.9 cm³/mol. The van der Waals surface area contributed by atoms with Gasteiger partial charge in [-0.2, -0.15) is 0 Å². The lowest BCUT2D eigenvalue weighted by molar-refractivity contribution is 0.113. The summed E-state index contributed by atoms with van der Waals surface area (Å²) in [5, 5.41) is 21.8. The van der Waals surface area contributed by atoms with E-state index in [9.17, 15) is 5.11 Å². The van der Waals surface area contributed by atoms with Gasteiger partial charge in [0.15, 0.2) is 0 Å². The third-order valence-electron chi connectivity index (χ3n) is 2.07. The van der Waals surface area contributed by atoms with Gasteiger partial charge in [0, 0.05) is 18.4 Å². The first-order valence-corrected chi connectivity index (χ1v) is 6.01. The minimum Gasteiger partial charge on any atom is -0.394 e. The summed E-state index contributed by atoms with van der Waals surface area (Å²) in [7, 11) is 1.81. The Morgan fingerprint density at radius 3 is 2.62 bits per heavy atom. The zero-order chi connectivity index (χ0) is 12.1. The van der Waals surface area contributed by atoms with Crippen LogP contribution >= 0.6 is 11.8 Å². The number of nitrogens with zero attached hydrogens (tertiary/aromatic N) is 2. The standard InChI is InChI=1S/C10H17N3O2S/c1-6-9(11-3)12-7(2)13-10(6)16-5-8(15)4-14/h8,14-15H,4-5H2,1-3H3,(H,11,12,13). The molecule has 0 saturated heterocycles. The monoisotopic (exact) mass is 243 g/mol. The van der Waals surface area contributed by atoms with Crippen LogP contribution in [-0.2, 0) is 0 Å². The molecule has 0 radical (unpaired) electrons. The highest BCUT2D eigenvalue weighted by molar-refractivity contribution is 7.99. The van der Waals surface area contributed by atoms with Gasteiger partial charge in [-0.3, -0.25) is 0 Å². The number of thioether (sulfide) groups is 1. The number of hydrogen-bond donors (Lipinski definition) is 3. The lowest BCUT2D eigenvalue weighted by Crippen LogP contribution is -2.15. The van der Waals surface area contributed by atoms with Crippen LogP contribution in [0, 0.1) is 13.8 Å². The fourth-order valence-electron chi connectivity index (χ4n) is 1.21. The van der Waals surface area contributed by atoms with Crippen LogP contribution in [0.15, 0.2) is 5.03 Å². The average molecular weight is 243 g/mol. The van der Waals surface area contributed by atoms with Crippen molar-refractivity contribution < 1.29 is 10.2 Å². The lowest BCUT2D eigenvalue weighted by atomic mass is 10.3. The van der Waals surface area contributed by atoms with Crippen LogP contribution < -0.4 is 5.32 Å². The zero-order valence-corrected chi connectivity index (χ0v) is 10.5. The van der Waals surface area contributed by atoms with Crippen LogP contribution in [0.2, 0.25) is 0 Å². The Bertz CT molecular complexity index is 360. The summed E-state index contributed by atoms with van der Waals surface area (Å²) in [6.45, 7) is 3.53. The van der Waals surface area contributed by atoms with E-state index in [1.54, 1.807) is 0 Å². The SMILES string of the molecule is CNc1nc(C)nc(SCC(O)CO)c1C. The van der Waals surface area contributed by atoms with Gasteiger partial charge in [0.25, 0.3) is 0 Å². The Morgan fingerprint density at radius 1 is 1.38 bits per heavy atom. The van der Waals surface area contributed by atoms with Crippen molar-refractivity contribution in [1.29, 1.82) is 0 Å². The molecule has 0 spiro atoms. The second kappa shape index (κ2) is 6.03. The van der Waals surface area contributed by atoms with Gasteiger partial charge in [-0.25, -0.2) is 9.97 Å². The first-order chi connectivity index (χ1) is 7.58. The minimum atomic E-state index is -0.710. The molecule has 1 heterocycles. The first kappa shape index (κ1) is 13.2. The van der Waals surface area contributed by atoms with E-state index in [4.69, 9.17) is 5.11 Å². The molecular formula is C10H17N3O2S. The van der Waals surface area contributed by atoms with E-state index >= 15 is 0 Å². The van der Waals surface area contributed by atoms with Crippen molar-refractivity contribution in [2.24, 2.45) is 0 Å². The maximum atomic E-state index is 9.28. The Morgan fingerprint density at radius 2 is 2.06 bits per heavy atom. The summed E-state index contributed by atoms with van der Waals surface area (Å²) in [5.41, 5.74) is 0.961. The van der Waals surface area contributed by atoms with Gasteiger partial charge >= 0.3 is 0 Å². The van der Waals surface area contributed by atoms with Crippen LogP contribution in [-0.4, -0.2) is 45.7 Å². The van der Waals surface area contributed by atoms with E-state index in [0.29, 0.717) is 11.6 Å². The van der Waals surface area contributed by atoms with E-state index < -0.39 is 6.10 Å². The molecule has 0 aromatic carbocycles. The molecule has 90 valence electrons. The van der Waals surface area contributed by atoms with E-state index in [1.165, 1.54) is 11.8 Å². The zero-order valence-electron chi connectivity index (χ0n) is 9.69. The van der Waals surface area contributed by atoms with Crippen molar-refractivity contribution in [2.75, 3.05) is 24.7 Å². The topological polar surface area (TPSA) is 78.3 Å². The number of aliphatic hydroxyl groups excluding tert-OH is 2. The predicted octanol–water partition coefficient (Wildman–Crippen LogP) is 0.580. The normalized spacial score (nSPS) is 12.6. The molecule has 0 saturated carbocycles. The van der Waals surface area contributed by atoms with Gasteiger partial charge < -0.3 is 15.5 Å². The van der Waals surface area contributed by atoms with Gasteiger partial charge in [0.05, 0.1) is 12.7 Å². The van der Waals surface area contributed by atoms with E-state index in [2.05, 4.69) is 15.3 Å². The number of anilines is 1. The molecule has 1 aromatic heterocycles. The van der Waals surface area contributed by atoms with Gasteiger partial charge in [0.1, 0.15) is 16.7 Å². The van der Waals surface area contributed by atoms with Gasteiger partial charge in [-0.05, 0) is 13.8 Å². The first-order valence-electron chi connectivity index (χ1n) is 5.03. The highest BCUT2D eigenvalue weighted by Gasteiger charge is 2.10. The van der Waals surface area contributed by atoms with Crippen LogP contribution in [0.25, 0.3) is 0 Å². The lowest BCUT2D eigenvalue weighted by Gasteiger charge is -2.11. The maximum absolute atomic E-state index is 9.28. The summed E-state index contributed by atoms with van der Waals surface area (Å²) in [4.78, 5) is 8.56. The number of aryl methyl sites for hydroxylation is 1. The van der Waals surface area contributed by atoms with Crippen LogP contribution in [0.3, 0.4) is 0 Å². The number of nitrogens with one attached hydrogen (secondary N) is 1. The van der Waals surface area contributed by atoms with Crippen LogP contribution in [0.5, 0.6) is 0 Å². The number of rotatable bonds is 5. The summed E-state index contributed by atoms with van der Waals surface area (Å²) in [6, 6.07) is 0. The molecule has 0 bridgehead atoms. The fraction of sp³-hybridized carbons (Fsp3) is 0.600. The molecule has 1 rings (SSSR count). The molecule has 0 aliphatic rings. The highest BCUT2D eigenvalue weighted by atomic mass is 32.2. The molecule has 3 N–H and O–H groups in total. The van der Waals surface area contributed by atoms with E-state index in [-0.39, 0.29) is 6.61 Å². The quantitative estimate of drug-likeness (QED) is 0.519. The van der Waals surface area contributed by atoms with Crippen LogP contribution in [0.4, 0.5) is 5.82 Å². The molecule has 1 unspecified atom stereocenters. The van der Waals surface area contributed by atoms with E-state index in [0.717, 1.165) is 16.4 Å². The Kier molecular flexibility index (Phi) is 4.98. The Balaban J connectivity index is 2.83. The highest BCUT2D eigenvalue weighted by Crippen LogP contribution is 2.25. The molecule has 0 aliphatic heterocycles. The van der Waals surface area contributed by atoms with Crippen molar-refractivity contribution >= 4 is 17.6 Å². The third kappa shape index (κ3) is 3.33. The fourth-order valence-corrected chi connectivity index (χ4v) is 2.18. The largest absolute Gasteiger partial charge is 0.394 e. The molecule has 1 aromatic rings. The summed E-state index contributed by atoms with van der Waals surface area (Å²) in [6.07, 6.45) is -0.710. The van der Waals surface area contributed by atoms with Gasteiger partial charge in [-0.1, -0.05) is 0 Å². The Labute approximate surface area is 99.3 Å². The smallest absolute Gasteiger partial charge is 0.133 e. The molecule has 0 amide bonds. The molecule has 6 heteroatoms. The third-order valence-corrected chi connectivity index (χ3v) is 3.30. The molecule has 0 fully saturated rings. The van der Waals surface area contributed by atoms with Crippen molar-refractivity contribution in [3.8, 4) is 0 Å². The van der Waals surface area contributed by atoms with Gasteiger partial charge in [-0.15, -0.1) is 11.8 Å². The van der Waals surface area contributed by atoms with Crippen molar-refractivity contribution in [3.05, 3.63) is 11.4 Å². The van der Waals surface area contributed by atoms with Crippen molar-refractivity contribution in [1.82, 2.24) is 9.97 Å². The van der Waals surface area contributed by atoms with E-state index in [1.807, 2.05) is 20.9 Å². The molecular weight excluding hydrogens is 226 g/mol. The average Bonchev–Trinajstić information content (AvgIpc) is 2.29. The number of hydrogen-bond acceptors (Lipinski definition) is 6. The molecule has 1 atom stereocenters. The Hall–Kier alpha value is -0.850.